The number of carbonyl (C=O) groups is 2. The number of anilines is 1. The van der Waals surface area contributed by atoms with Gasteiger partial charge in [-0.15, -0.1) is 6.58 Å². The third-order valence-electron chi connectivity index (χ3n) is 4.88. The number of carbonyl (C=O) groups excluding carboxylic acids is 2. The summed E-state index contributed by atoms with van der Waals surface area (Å²) in [6.07, 6.45) is 5.32. The summed E-state index contributed by atoms with van der Waals surface area (Å²) < 4.78 is 5.55. The number of amides is 1. The van der Waals surface area contributed by atoms with E-state index in [4.69, 9.17) is 10.1 Å². The molecule has 7 heteroatoms. The molecule has 1 aromatic rings. The van der Waals surface area contributed by atoms with Crippen molar-refractivity contribution in [3.63, 3.8) is 0 Å². The van der Waals surface area contributed by atoms with Gasteiger partial charge in [-0.2, -0.15) is 0 Å². The van der Waals surface area contributed by atoms with Crippen molar-refractivity contribution in [2.45, 2.75) is 31.8 Å². The third-order valence-corrected chi connectivity index (χ3v) is 4.88. The van der Waals surface area contributed by atoms with Crippen molar-refractivity contribution < 1.29 is 14.3 Å². The van der Waals surface area contributed by atoms with Crippen LogP contribution in [-0.4, -0.2) is 59.1 Å². The number of nitrogens with zero attached hydrogens (tertiary/aromatic N) is 2. The molecule has 26 heavy (non-hydrogen) atoms. The summed E-state index contributed by atoms with van der Waals surface area (Å²) in [5.41, 5.74) is 0.288. The molecule has 0 aromatic carbocycles. The highest BCUT2D eigenvalue weighted by Gasteiger charge is 2.53. The molecule has 0 spiro atoms. The summed E-state index contributed by atoms with van der Waals surface area (Å²) in [7, 11) is 0. The van der Waals surface area contributed by atoms with E-state index >= 15 is 0 Å². The second-order valence-electron chi connectivity index (χ2n) is 6.76. The molecule has 3 unspecified atom stereocenters. The first-order chi connectivity index (χ1) is 12.5. The summed E-state index contributed by atoms with van der Waals surface area (Å²) in [6, 6.07) is 3.75. The first-order valence-corrected chi connectivity index (χ1v) is 8.81. The van der Waals surface area contributed by atoms with E-state index < -0.39 is 0 Å². The smallest absolute Gasteiger partial charge is 0.242 e. The number of ether oxygens (including phenoxy) is 1. The number of Topliss-reactive ketones (excluding diaryl/α,β-unsaturated/α-hetero) is 1. The Bertz CT molecular complexity index is 733. The minimum absolute atomic E-state index is 0.00633. The molecule has 7 nitrogen and oxygen atoms in total. The van der Waals surface area contributed by atoms with Crippen LogP contribution in [0, 0.1) is 11.3 Å². The van der Waals surface area contributed by atoms with Gasteiger partial charge in [0.1, 0.15) is 11.5 Å². The zero-order chi connectivity index (χ0) is 18.7. The highest BCUT2D eigenvalue weighted by atomic mass is 16.5. The molecule has 1 amide bonds. The highest BCUT2D eigenvalue weighted by Crippen LogP contribution is 2.47. The van der Waals surface area contributed by atoms with Crippen LogP contribution < -0.4 is 5.32 Å². The predicted octanol–water partition coefficient (Wildman–Crippen LogP) is 1.64. The van der Waals surface area contributed by atoms with Crippen LogP contribution in [0.25, 0.3) is 0 Å². The number of fused-ring (bicyclic) bond motifs is 1. The molecule has 0 radical (unpaired) electrons. The van der Waals surface area contributed by atoms with Crippen LogP contribution in [0.5, 0.6) is 0 Å². The van der Waals surface area contributed by atoms with Gasteiger partial charge in [0.05, 0.1) is 25.8 Å². The number of likely N-dealkylation sites (tertiary alicyclic amines) is 1. The molecule has 3 atom stereocenters. The number of nitrogens with one attached hydrogen (secondary N) is 2. The summed E-state index contributed by atoms with van der Waals surface area (Å²) in [4.78, 5) is 30.3. The Kier molecular flexibility index (Phi) is 5.46. The van der Waals surface area contributed by atoms with Crippen LogP contribution in [0.15, 0.2) is 31.0 Å². The molecule has 0 bridgehead atoms. The Labute approximate surface area is 152 Å². The van der Waals surface area contributed by atoms with Gasteiger partial charge in [-0.3, -0.25) is 15.0 Å². The fourth-order valence-corrected chi connectivity index (χ4v) is 3.57. The van der Waals surface area contributed by atoms with E-state index in [0.29, 0.717) is 36.6 Å². The van der Waals surface area contributed by atoms with Gasteiger partial charge in [-0.1, -0.05) is 6.08 Å². The van der Waals surface area contributed by atoms with Gasteiger partial charge in [-0.25, -0.2) is 4.98 Å². The molecular weight excluding hydrogens is 332 g/mol. The van der Waals surface area contributed by atoms with Crippen LogP contribution in [0.4, 0.5) is 5.82 Å². The number of hydrogen-bond donors (Lipinski definition) is 2. The average molecular weight is 356 g/mol. The maximum absolute atomic E-state index is 12.8. The van der Waals surface area contributed by atoms with Crippen LogP contribution in [0.3, 0.4) is 0 Å². The van der Waals surface area contributed by atoms with Crippen molar-refractivity contribution in [3.05, 3.63) is 36.5 Å². The molecule has 2 aliphatic rings. The van der Waals surface area contributed by atoms with E-state index in [2.05, 4.69) is 16.9 Å². The fourth-order valence-electron chi connectivity index (χ4n) is 3.57. The van der Waals surface area contributed by atoms with Gasteiger partial charge in [0.15, 0.2) is 5.78 Å². The number of pyridine rings is 1. The molecule has 3 rings (SSSR count). The van der Waals surface area contributed by atoms with E-state index in [1.54, 1.807) is 24.4 Å². The minimum atomic E-state index is -0.341. The lowest BCUT2D eigenvalue weighted by molar-refractivity contribution is -0.132. The van der Waals surface area contributed by atoms with Gasteiger partial charge >= 0.3 is 0 Å². The third kappa shape index (κ3) is 3.83. The Morgan fingerprint density at radius 1 is 1.50 bits per heavy atom. The van der Waals surface area contributed by atoms with Gasteiger partial charge in [0.25, 0.3) is 0 Å². The largest absolute Gasteiger partial charge is 0.375 e. The van der Waals surface area contributed by atoms with Crippen LogP contribution in [-0.2, 0) is 14.3 Å². The first-order valence-electron chi connectivity index (χ1n) is 8.81. The molecule has 138 valence electrons. The van der Waals surface area contributed by atoms with Crippen LogP contribution in [0.1, 0.15) is 25.3 Å². The standard InChI is InChI=1S/C19H24N4O3/c1-3-7-26-11-14-8-13-9-16(13)23(14)17(25)10-22-19-15(5-4-6-21-19)18(20)12(2)24/h3-6,13-14,16,20H,1,7-11H2,2H3,(H,21,22). The normalized spacial score (nSPS) is 23.3. The molecule has 1 saturated heterocycles. The number of piperidine rings is 1. The number of hydrogen-bond acceptors (Lipinski definition) is 6. The predicted molar refractivity (Wildman–Crippen MR) is 98.4 cm³/mol. The van der Waals surface area contributed by atoms with Crippen molar-refractivity contribution in [1.82, 2.24) is 9.88 Å². The Balaban J connectivity index is 1.63. The topological polar surface area (TPSA) is 95.4 Å². The van der Waals surface area contributed by atoms with Crippen molar-refractivity contribution in [2.75, 3.05) is 25.1 Å². The molecule has 1 saturated carbocycles. The Hall–Kier alpha value is -2.54. The molecule has 2 fully saturated rings. The SMILES string of the molecule is C=CCOCC1CC2CC2N1C(=O)CNc1ncccc1C(=N)C(C)=O. The van der Waals surface area contributed by atoms with Crippen molar-refractivity contribution in [3.8, 4) is 0 Å². The molecule has 1 aromatic heterocycles. The van der Waals surface area contributed by atoms with Gasteiger partial charge < -0.3 is 15.0 Å². The second-order valence-corrected chi connectivity index (χ2v) is 6.76. The summed E-state index contributed by atoms with van der Waals surface area (Å²) in [5.74, 6) is 0.625. The van der Waals surface area contributed by atoms with Gasteiger partial charge in [-0.05, 0) is 30.9 Å². The molecule has 1 aliphatic heterocycles. The number of ketones is 1. The molecule has 1 aliphatic carbocycles. The fraction of sp³-hybridized carbons (Fsp3) is 0.474. The Morgan fingerprint density at radius 2 is 2.31 bits per heavy atom. The lowest BCUT2D eigenvalue weighted by atomic mass is 10.1. The van der Waals surface area contributed by atoms with E-state index in [0.717, 1.165) is 12.8 Å². The van der Waals surface area contributed by atoms with Crippen molar-refractivity contribution >= 4 is 23.2 Å². The highest BCUT2D eigenvalue weighted by molar-refractivity contribution is 6.45. The van der Waals surface area contributed by atoms with E-state index in [9.17, 15) is 9.59 Å². The lowest BCUT2D eigenvalue weighted by Crippen LogP contribution is -2.44. The molecule has 2 N–H and O–H groups in total. The summed E-state index contributed by atoms with van der Waals surface area (Å²) >= 11 is 0. The van der Waals surface area contributed by atoms with Gasteiger partial charge in [0.2, 0.25) is 5.91 Å². The van der Waals surface area contributed by atoms with E-state index in [1.807, 2.05) is 4.90 Å². The molecular formula is C19H24N4O3. The van der Waals surface area contributed by atoms with E-state index in [1.165, 1.54) is 6.92 Å². The summed E-state index contributed by atoms with van der Waals surface area (Å²) in [6.45, 7) is 6.06. The monoisotopic (exact) mass is 356 g/mol. The number of rotatable bonds is 9. The summed E-state index contributed by atoms with van der Waals surface area (Å²) in [5, 5.41) is 10.9. The maximum Gasteiger partial charge on any atom is 0.242 e. The van der Waals surface area contributed by atoms with Gasteiger partial charge in [0, 0.05) is 24.7 Å². The zero-order valence-corrected chi connectivity index (χ0v) is 14.9. The Morgan fingerprint density at radius 3 is 3.04 bits per heavy atom. The molecule has 2 heterocycles. The first kappa shape index (κ1) is 18.3. The van der Waals surface area contributed by atoms with E-state index in [-0.39, 0.29) is 30.0 Å². The second kappa shape index (κ2) is 7.78. The van der Waals surface area contributed by atoms with Crippen LogP contribution >= 0.6 is 0 Å². The minimum Gasteiger partial charge on any atom is -0.375 e. The van der Waals surface area contributed by atoms with Crippen molar-refractivity contribution in [2.24, 2.45) is 5.92 Å². The zero-order valence-electron chi connectivity index (χ0n) is 14.9. The van der Waals surface area contributed by atoms with Crippen LogP contribution in [0.2, 0.25) is 0 Å². The van der Waals surface area contributed by atoms with Crippen molar-refractivity contribution in [1.29, 1.82) is 5.41 Å². The average Bonchev–Trinajstić information content (AvgIpc) is 3.30. The number of aromatic nitrogens is 1. The maximum atomic E-state index is 12.8. The lowest BCUT2D eigenvalue weighted by Gasteiger charge is -2.27. The quantitative estimate of drug-likeness (QED) is 0.398.